The molecule has 0 aromatic heterocycles. The number of hydrogen-bond acceptors (Lipinski definition) is 2. The molecule has 0 radical (unpaired) electrons. The molecular formula is C9H10NO2P. The number of nitrogens with zero attached hydrogens (tertiary/aromatic N) is 1. The first kappa shape index (κ1) is 8.52. The van der Waals surface area contributed by atoms with E-state index in [-0.39, 0.29) is 5.65 Å². The molecule has 0 saturated heterocycles. The van der Waals surface area contributed by atoms with Crippen LogP contribution in [0, 0.1) is 0 Å². The Bertz CT molecular complexity index is 340. The van der Waals surface area contributed by atoms with E-state index in [4.69, 9.17) is 4.74 Å². The maximum atomic E-state index is 11.2. The third kappa shape index (κ3) is 1.52. The van der Waals surface area contributed by atoms with Crippen molar-refractivity contribution < 1.29 is 9.53 Å². The number of anilines is 1. The zero-order valence-electron chi connectivity index (χ0n) is 7.06. The molecule has 1 aliphatic rings. The van der Waals surface area contributed by atoms with E-state index < -0.39 is 0 Å². The van der Waals surface area contributed by atoms with Crippen molar-refractivity contribution in [3.63, 3.8) is 0 Å². The van der Waals surface area contributed by atoms with Crippen LogP contribution in [-0.4, -0.2) is 18.8 Å². The second kappa shape index (κ2) is 3.35. The fourth-order valence-electron chi connectivity index (χ4n) is 1.40. The molecule has 3 nitrogen and oxygen atoms in total. The predicted octanol–water partition coefficient (Wildman–Crippen LogP) is 1.88. The van der Waals surface area contributed by atoms with E-state index in [1.807, 2.05) is 24.3 Å². The molecular weight excluding hydrogens is 185 g/mol. The van der Waals surface area contributed by atoms with Gasteiger partial charge in [-0.3, -0.25) is 4.79 Å². The Morgan fingerprint density at radius 2 is 2.23 bits per heavy atom. The normalized spacial score (nSPS) is 14.7. The van der Waals surface area contributed by atoms with Crippen LogP contribution < -0.4 is 9.64 Å². The molecule has 1 aromatic carbocycles. The lowest BCUT2D eigenvalue weighted by atomic mass is 10.2. The van der Waals surface area contributed by atoms with Crippen LogP contribution in [0.5, 0.6) is 5.75 Å². The summed E-state index contributed by atoms with van der Waals surface area (Å²) in [5, 5.41) is 0. The van der Waals surface area contributed by atoms with E-state index in [1.165, 1.54) is 0 Å². The Labute approximate surface area is 78.9 Å². The summed E-state index contributed by atoms with van der Waals surface area (Å²) in [6.45, 7) is 1.19. The third-order valence-corrected chi connectivity index (χ3v) is 2.31. The average Bonchev–Trinajstić information content (AvgIpc) is 2.17. The largest absolute Gasteiger partial charge is 0.490 e. The molecule has 4 heteroatoms. The SMILES string of the molecule is O=C(P)N1CCOc2ccccc21. The van der Waals surface area contributed by atoms with Gasteiger partial charge >= 0.3 is 0 Å². The minimum absolute atomic E-state index is 0.0178. The number of fused-ring (bicyclic) bond motifs is 1. The first-order valence-electron chi connectivity index (χ1n) is 4.08. The maximum absolute atomic E-state index is 11.2. The number of hydrogen-bond donors (Lipinski definition) is 0. The van der Waals surface area contributed by atoms with Crippen LogP contribution in [0.25, 0.3) is 0 Å². The standard InChI is InChI=1S/C9H10NO2P/c11-9(13)10-5-6-12-8-4-2-1-3-7(8)10/h1-4H,5-6,13H2. The second-order valence-electron chi connectivity index (χ2n) is 2.81. The topological polar surface area (TPSA) is 29.5 Å². The van der Waals surface area contributed by atoms with Crippen LogP contribution in [0.4, 0.5) is 10.5 Å². The van der Waals surface area contributed by atoms with E-state index >= 15 is 0 Å². The highest BCUT2D eigenvalue weighted by Gasteiger charge is 2.19. The molecule has 0 fully saturated rings. The van der Waals surface area contributed by atoms with E-state index in [9.17, 15) is 4.79 Å². The number of benzene rings is 1. The Morgan fingerprint density at radius 1 is 1.46 bits per heavy atom. The van der Waals surface area contributed by atoms with Crippen molar-refractivity contribution in [2.45, 2.75) is 0 Å². The van der Waals surface area contributed by atoms with Crippen molar-refractivity contribution in [3.05, 3.63) is 24.3 Å². The molecule has 1 amide bonds. The van der Waals surface area contributed by atoms with Gasteiger partial charge in [-0.1, -0.05) is 12.1 Å². The van der Waals surface area contributed by atoms with Crippen molar-refractivity contribution >= 4 is 20.6 Å². The van der Waals surface area contributed by atoms with Crippen LogP contribution >= 0.6 is 9.24 Å². The molecule has 1 atom stereocenters. The Balaban J connectivity index is 2.42. The highest BCUT2D eigenvalue weighted by molar-refractivity contribution is 7.40. The molecule has 1 aliphatic heterocycles. The van der Waals surface area contributed by atoms with Crippen molar-refractivity contribution in [1.29, 1.82) is 0 Å². The van der Waals surface area contributed by atoms with E-state index in [1.54, 1.807) is 4.90 Å². The monoisotopic (exact) mass is 195 g/mol. The van der Waals surface area contributed by atoms with Gasteiger partial charge in [-0.25, -0.2) is 0 Å². The van der Waals surface area contributed by atoms with Gasteiger partial charge in [-0.2, -0.15) is 0 Å². The molecule has 2 rings (SSSR count). The molecule has 0 spiro atoms. The molecule has 13 heavy (non-hydrogen) atoms. The average molecular weight is 195 g/mol. The second-order valence-corrected chi connectivity index (χ2v) is 3.30. The summed E-state index contributed by atoms with van der Waals surface area (Å²) in [6.07, 6.45) is 0. The lowest BCUT2D eigenvalue weighted by Crippen LogP contribution is -2.34. The number of amides is 1. The van der Waals surface area contributed by atoms with Crippen LogP contribution in [0.3, 0.4) is 0 Å². The first-order valence-corrected chi connectivity index (χ1v) is 4.65. The highest BCUT2D eigenvalue weighted by Crippen LogP contribution is 2.31. The van der Waals surface area contributed by atoms with Crippen molar-refractivity contribution in [1.82, 2.24) is 0 Å². The van der Waals surface area contributed by atoms with Gasteiger partial charge in [-0.05, 0) is 21.4 Å². The fraction of sp³-hybridized carbons (Fsp3) is 0.222. The van der Waals surface area contributed by atoms with Crippen molar-refractivity contribution in [2.24, 2.45) is 0 Å². The molecule has 0 aliphatic carbocycles. The van der Waals surface area contributed by atoms with Crippen molar-refractivity contribution in [3.8, 4) is 5.75 Å². The van der Waals surface area contributed by atoms with Crippen LogP contribution in [0.2, 0.25) is 0 Å². The number of para-hydroxylation sites is 2. The van der Waals surface area contributed by atoms with Gasteiger partial charge in [0, 0.05) is 0 Å². The predicted molar refractivity (Wildman–Crippen MR) is 54.4 cm³/mol. The van der Waals surface area contributed by atoms with Gasteiger partial charge in [0.25, 0.3) is 0 Å². The van der Waals surface area contributed by atoms with Crippen LogP contribution in [0.15, 0.2) is 24.3 Å². The number of rotatable bonds is 0. The lowest BCUT2D eigenvalue weighted by molar-refractivity contribution is 0.258. The minimum Gasteiger partial charge on any atom is -0.490 e. The minimum atomic E-state index is -0.0178. The zero-order valence-corrected chi connectivity index (χ0v) is 8.22. The summed E-state index contributed by atoms with van der Waals surface area (Å²) >= 11 is 0. The van der Waals surface area contributed by atoms with Gasteiger partial charge in [0.1, 0.15) is 12.4 Å². The number of carbonyl (C=O) groups excluding carboxylic acids is 1. The fourth-order valence-corrected chi connectivity index (χ4v) is 1.67. The Kier molecular flexibility index (Phi) is 2.19. The van der Waals surface area contributed by atoms with Gasteiger partial charge in [0.05, 0.1) is 12.2 Å². The van der Waals surface area contributed by atoms with E-state index in [2.05, 4.69) is 9.24 Å². The molecule has 68 valence electrons. The summed E-state index contributed by atoms with van der Waals surface area (Å²) in [4.78, 5) is 12.9. The van der Waals surface area contributed by atoms with E-state index in [0.717, 1.165) is 11.4 Å². The van der Waals surface area contributed by atoms with E-state index in [0.29, 0.717) is 13.2 Å². The summed E-state index contributed by atoms with van der Waals surface area (Å²) in [6, 6.07) is 7.55. The summed E-state index contributed by atoms with van der Waals surface area (Å²) in [5.74, 6) is 0.782. The number of carbonyl (C=O) groups is 1. The quantitative estimate of drug-likeness (QED) is 0.591. The highest BCUT2D eigenvalue weighted by atomic mass is 31.0. The summed E-state index contributed by atoms with van der Waals surface area (Å²) in [5.41, 5.74) is 0.838. The summed E-state index contributed by atoms with van der Waals surface area (Å²) < 4.78 is 5.40. The smallest absolute Gasteiger partial charge is 0.241 e. The summed E-state index contributed by atoms with van der Waals surface area (Å²) in [7, 11) is 2.18. The molecule has 1 unspecified atom stereocenters. The lowest BCUT2D eigenvalue weighted by Gasteiger charge is -2.28. The maximum Gasteiger partial charge on any atom is 0.241 e. The van der Waals surface area contributed by atoms with Gasteiger partial charge in [0.15, 0.2) is 0 Å². The molecule has 0 bridgehead atoms. The number of ether oxygens (including phenoxy) is 1. The van der Waals surface area contributed by atoms with Gasteiger partial charge in [-0.15, -0.1) is 0 Å². The van der Waals surface area contributed by atoms with Crippen LogP contribution in [-0.2, 0) is 0 Å². The molecule has 0 saturated carbocycles. The zero-order chi connectivity index (χ0) is 9.26. The van der Waals surface area contributed by atoms with Crippen LogP contribution in [0.1, 0.15) is 0 Å². The first-order chi connectivity index (χ1) is 6.29. The Morgan fingerprint density at radius 3 is 3.00 bits per heavy atom. The molecule has 1 aromatic rings. The molecule has 1 heterocycles. The molecule has 0 N–H and O–H groups in total. The Hall–Kier alpha value is -1.08. The van der Waals surface area contributed by atoms with Gasteiger partial charge < -0.3 is 9.64 Å². The third-order valence-electron chi connectivity index (χ3n) is 1.99. The van der Waals surface area contributed by atoms with Gasteiger partial charge in [0.2, 0.25) is 5.65 Å². The van der Waals surface area contributed by atoms with Crippen molar-refractivity contribution in [2.75, 3.05) is 18.1 Å².